The van der Waals surface area contributed by atoms with Crippen LogP contribution in [0.3, 0.4) is 0 Å². The molecule has 5 heterocycles. The average molecular weight is 1080 g/mol. The molecule has 2 aromatic carbocycles. The molecule has 7 aromatic rings. The number of benzene rings is 2. The number of anilines is 1. The molecule has 14 nitrogen and oxygen atoms in total. The first-order chi connectivity index (χ1) is 29.8. The zero-order valence-corrected chi connectivity index (χ0v) is 36.7. The topological polar surface area (TPSA) is 187 Å². The van der Waals surface area contributed by atoms with Crippen molar-refractivity contribution in [3.63, 3.8) is 0 Å². The van der Waals surface area contributed by atoms with Crippen LogP contribution in [0, 0.1) is 3.57 Å². The molecule has 2 N–H and O–H groups in total. The van der Waals surface area contributed by atoms with Gasteiger partial charge in [-0.25, -0.2) is 41.8 Å². The van der Waals surface area contributed by atoms with Crippen LogP contribution in [0.5, 0.6) is 0 Å². The van der Waals surface area contributed by atoms with E-state index in [1.54, 1.807) is 27.9 Å². The van der Waals surface area contributed by atoms with Crippen molar-refractivity contribution in [2.75, 3.05) is 16.8 Å². The normalized spacial score (nSPS) is 13.1. The molecule has 7 rings (SSSR count). The molecule has 0 atom stereocenters. The maximum atomic E-state index is 13.1. The molecule has 0 aliphatic heterocycles. The third-order valence-electron chi connectivity index (χ3n) is 9.45. The van der Waals surface area contributed by atoms with E-state index in [0.29, 0.717) is 12.1 Å². The molecule has 1 amide bonds. The van der Waals surface area contributed by atoms with Crippen molar-refractivity contribution < 1.29 is 74.3 Å². The van der Waals surface area contributed by atoms with E-state index in [0.717, 1.165) is 30.6 Å². The lowest BCUT2D eigenvalue weighted by Crippen LogP contribution is -2.30. The van der Waals surface area contributed by atoms with Crippen molar-refractivity contribution in [2.45, 2.75) is 48.3 Å². The fourth-order valence-electron chi connectivity index (χ4n) is 6.16. The van der Waals surface area contributed by atoms with Gasteiger partial charge >= 0.3 is 30.6 Å². The zero-order chi connectivity index (χ0) is 48.6. The second-order valence-corrected chi connectivity index (χ2v) is 19.3. The highest BCUT2D eigenvalue weighted by molar-refractivity contribution is 14.1. The molecule has 65 heavy (non-hydrogen) atoms. The maximum Gasteiger partial charge on any atom is 0.471 e. The Balaban J connectivity index is 0.000000215. The van der Waals surface area contributed by atoms with Crippen LogP contribution in [0.2, 0.25) is 0 Å². The fraction of sp³-hybridized carbons (Fsp3) is 0.278. The van der Waals surface area contributed by atoms with Crippen molar-refractivity contribution in [3.05, 3.63) is 69.6 Å². The second-order valence-electron chi connectivity index (χ2n) is 13.6. The Morgan fingerprint density at radius 1 is 0.646 bits per heavy atom. The summed E-state index contributed by atoms with van der Waals surface area (Å²) in [7, 11) is -5.16. The Morgan fingerprint density at radius 3 is 1.51 bits per heavy atom. The number of imidazole rings is 3. The number of sulfone groups is 2. The molecule has 0 radical (unpaired) electrons. The van der Waals surface area contributed by atoms with E-state index in [-0.39, 0.29) is 70.1 Å². The lowest BCUT2D eigenvalue weighted by Gasteiger charge is -2.15. The molecule has 0 fully saturated rings. The highest BCUT2D eigenvalue weighted by atomic mass is 127. The third-order valence-corrected chi connectivity index (χ3v) is 13.9. The maximum absolute atomic E-state index is 13.1. The first-order valence-electron chi connectivity index (χ1n) is 17.9. The molecule has 0 saturated carbocycles. The molecule has 348 valence electrons. The average Bonchev–Trinajstić information content (AvgIpc) is 3.89. The Bertz CT molecular complexity index is 3270. The Labute approximate surface area is 370 Å². The van der Waals surface area contributed by atoms with Crippen molar-refractivity contribution >= 4 is 87.0 Å². The van der Waals surface area contributed by atoms with E-state index in [4.69, 9.17) is 0 Å². The van der Waals surface area contributed by atoms with Gasteiger partial charge in [-0.15, -0.1) is 0 Å². The second kappa shape index (κ2) is 16.7. The van der Waals surface area contributed by atoms with Gasteiger partial charge in [0.15, 0.2) is 19.7 Å². The van der Waals surface area contributed by atoms with Gasteiger partial charge < -0.3 is 19.4 Å². The summed E-state index contributed by atoms with van der Waals surface area (Å²) in [6.07, 6.45) is -17.6. The summed E-state index contributed by atoms with van der Waals surface area (Å²) in [5, 5.41) is 1.63. The van der Waals surface area contributed by atoms with E-state index in [1.807, 2.05) is 0 Å². The summed E-state index contributed by atoms with van der Waals surface area (Å²) >= 11 is 1.60. The van der Waals surface area contributed by atoms with Gasteiger partial charge in [0, 0.05) is 28.8 Å². The molecule has 0 aliphatic rings. The van der Waals surface area contributed by atoms with Crippen LogP contribution in [-0.2, 0) is 57.1 Å². The van der Waals surface area contributed by atoms with Gasteiger partial charge in [-0.05, 0) is 59.0 Å². The van der Waals surface area contributed by atoms with Gasteiger partial charge in [-0.2, -0.15) is 52.7 Å². The minimum Gasteiger partial charge on any atom is -0.334 e. The number of carbonyl (C=O) groups excluding carboxylic acids is 1. The van der Waals surface area contributed by atoms with Gasteiger partial charge in [0.2, 0.25) is 5.82 Å². The van der Waals surface area contributed by atoms with Crippen molar-refractivity contribution in [2.24, 2.45) is 14.1 Å². The number of aromatic nitrogens is 8. The highest BCUT2D eigenvalue weighted by Gasteiger charge is 2.40. The van der Waals surface area contributed by atoms with Gasteiger partial charge in [0.05, 0.1) is 72.5 Å². The number of fused-ring (bicyclic) bond motifs is 3. The van der Waals surface area contributed by atoms with E-state index in [9.17, 15) is 74.3 Å². The number of amides is 1. The van der Waals surface area contributed by atoms with Crippen LogP contribution in [-0.4, -0.2) is 79.5 Å². The number of H-pyrrole nitrogens is 1. The van der Waals surface area contributed by atoms with Crippen molar-refractivity contribution in [3.8, 4) is 22.8 Å². The highest BCUT2D eigenvalue weighted by Crippen LogP contribution is 2.39. The van der Waals surface area contributed by atoms with Crippen LogP contribution in [0.1, 0.15) is 31.1 Å². The number of nitrogens with one attached hydrogen (secondary N) is 2. The van der Waals surface area contributed by atoms with E-state index >= 15 is 0 Å². The molecule has 0 bridgehead atoms. The van der Waals surface area contributed by atoms with Crippen LogP contribution < -0.4 is 5.32 Å². The van der Waals surface area contributed by atoms with Gasteiger partial charge in [-0.1, -0.05) is 13.8 Å². The number of pyridine rings is 2. The number of aryl methyl sites for hydroxylation is 2. The van der Waals surface area contributed by atoms with E-state index in [2.05, 4.69) is 29.9 Å². The van der Waals surface area contributed by atoms with Crippen LogP contribution in [0.25, 0.3) is 55.9 Å². The summed E-state index contributed by atoms with van der Waals surface area (Å²) in [6.45, 7) is 2.66. The number of hydrogen-bond donors (Lipinski definition) is 2. The summed E-state index contributed by atoms with van der Waals surface area (Å²) < 4.78 is 209. The Morgan fingerprint density at radius 2 is 1.09 bits per heavy atom. The summed E-state index contributed by atoms with van der Waals surface area (Å²) in [4.78, 5) is 31.1. The van der Waals surface area contributed by atoms with Gasteiger partial charge in [0.1, 0.15) is 23.0 Å². The van der Waals surface area contributed by atoms with Crippen LogP contribution >= 0.6 is 22.6 Å². The van der Waals surface area contributed by atoms with E-state index < -0.39 is 83.8 Å². The Kier molecular flexibility index (Phi) is 12.5. The quantitative estimate of drug-likeness (QED) is 0.115. The summed E-state index contributed by atoms with van der Waals surface area (Å²) in [5.41, 5.74) is -3.14. The third kappa shape index (κ3) is 9.70. The lowest BCUT2D eigenvalue weighted by molar-refractivity contribution is -0.167. The number of carbonyl (C=O) groups is 1. The molecule has 5 aromatic heterocycles. The van der Waals surface area contributed by atoms with Crippen molar-refractivity contribution in [1.82, 2.24) is 39.0 Å². The minimum atomic E-state index is -5.20. The first-order valence-corrected chi connectivity index (χ1v) is 22.2. The molecule has 29 heteroatoms. The van der Waals surface area contributed by atoms with Crippen LogP contribution in [0.4, 0.5) is 58.4 Å². The van der Waals surface area contributed by atoms with E-state index in [1.165, 1.54) is 43.1 Å². The number of nitrogens with zero attached hydrogens (tertiary/aromatic N) is 7. The Hall–Kier alpha value is -5.59. The zero-order valence-electron chi connectivity index (χ0n) is 32.9. The van der Waals surface area contributed by atoms with Gasteiger partial charge in [-0.3, -0.25) is 4.79 Å². The molecule has 0 spiro atoms. The molecule has 0 unspecified atom stereocenters. The van der Waals surface area contributed by atoms with Gasteiger partial charge in [0.25, 0.3) is 0 Å². The van der Waals surface area contributed by atoms with Crippen molar-refractivity contribution in [1.29, 1.82) is 0 Å². The number of halogens is 13. The predicted octanol–water partition coefficient (Wildman–Crippen LogP) is 8.90. The summed E-state index contributed by atoms with van der Waals surface area (Å²) in [6, 6.07) is 5.61. The largest absolute Gasteiger partial charge is 0.471 e. The number of rotatable bonds is 7. The standard InChI is InChI=1S/C18H13F6IN4O3S.C18H13F6N5O2S/c1-3-33(31,32)13-5-10(28-16(30)18(22,23)24)9(25)4-8(13)15-27-11-6-14(17(19,20)21)26-7-12(11)29(15)2;1-3-32(30,31)13-5-10-9(27-16(28-10)18(22,23)24)4-8(13)15-26-11-6-14(17(19,20)21)25-7-12(11)29(15)2/h4-7H,3H2,1-2H3,(H,28,30);4-7H,3H2,1-2H3,(H,27,28). The monoisotopic (exact) mass is 1080 g/mol. The minimum absolute atomic E-state index is 0.0511. The lowest BCUT2D eigenvalue weighted by atomic mass is 10.2. The molecule has 0 aliphatic carbocycles. The fourth-order valence-corrected chi connectivity index (χ4v) is 8.95. The van der Waals surface area contributed by atoms with Crippen LogP contribution in [0.15, 0.2) is 58.6 Å². The number of alkyl halides is 12. The molecule has 0 saturated heterocycles. The number of aromatic amines is 1. The molecular weight excluding hydrogens is 1060 g/mol. The predicted molar refractivity (Wildman–Crippen MR) is 215 cm³/mol. The molecular formula is C36H26F12IN9O5S2. The summed E-state index contributed by atoms with van der Waals surface area (Å²) in [5.74, 6) is -4.52. The smallest absolute Gasteiger partial charge is 0.334 e. The SMILES string of the molecule is CCS(=O)(=O)c1cc(NC(=O)C(F)(F)F)c(I)cc1-c1nc2cc(C(F)(F)F)ncc2n1C.CCS(=O)(=O)c1cc2[nH]c(C(F)(F)F)nc2cc1-c1nc2cc(C(F)(F)F)ncc2n1C. The first kappa shape index (κ1) is 48.9. The number of hydrogen-bond acceptors (Lipinski definition) is 10.